The van der Waals surface area contributed by atoms with Crippen LogP contribution in [-0.2, 0) is 11.3 Å². The topological polar surface area (TPSA) is 20.3 Å². The van der Waals surface area contributed by atoms with Gasteiger partial charge in [0.15, 0.2) is 0 Å². The number of carbonyl (C=O) groups is 1. The maximum atomic E-state index is 11.8. The molecule has 0 radical (unpaired) electrons. The molecule has 0 unspecified atom stereocenters. The van der Waals surface area contributed by atoms with Gasteiger partial charge in [-0.05, 0) is 34.4 Å². The van der Waals surface area contributed by atoms with Crippen molar-refractivity contribution in [3.05, 3.63) is 102 Å². The summed E-state index contributed by atoms with van der Waals surface area (Å²) in [4.78, 5) is 14.1. The Morgan fingerprint density at radius 2 is 1.40 bits per heavy atom. The number of anilines is 2. The fraction of sp³-hybridized carbons (Fsp3) is 0.0870. The van der Waals surface area contributed by atoms with E-state index in [0.29, 0.717) is 0 Å². The van der Waals surface area contributed by atoms with Crippen LogP contribution in [0.3, 0.4) is 0 Å². The minimum absolute atomic E-state index is 0.202. The Bertz CT molecular complexity index is 879. The first-order valence-electron chi connectivity index (χ1n) is 8.44. The fourth-order valence-corrected chi connectivity index (χ4v) is 3.55. The van der Waals surface area contributed by atoms with Crippen LogP contribution in [0.1, 0.15) is 28.2 Å². The standard InChI is InChI=1S/C23H19NO/c1-2-17-11-13-18(14-12-17)15-24-22-9-5-3-7-19(22)21(16-25)20-8-4-6-10-23(20)24/h2-14,16,21H,1,15H2. The molecule has 0 saturated heterocycles. The predicted octanol–water partition coefficient (Wildman–Crippen LogP) is 5.31. The number of fused-ring (bicyclic) bond motifs is 2. The lowest BCUT2D eigenvalue weighted by atomic mass is 9.85. The summed E-state index contributed by atoms with van der Waals surface area (Å²) in [7, 11) is 0. The third-order valence-electron chi connectivity index (χ3n) is 4.82. The van der Waals surface area contributed by atoms with E-state index in [1.807, 2.05) is 30.3 Å². The van der Waals surface area contributed by atoms with Crippen molar-refractivity contribution < 1.29 is 4.79 Å². The summed E-state index contributed by atoms with van der Waals surface area (Å²) in [5.41, 5.74) is 6.68. The monoisotopic (exact) mass is 325 g/mol. The van der Waals surface area contributed by atoms with Crippen LogP contribution in [-0.4, -0.2) is 6.29 Å². The minimum Gasteiger partial charge on any atom is -0.336 e. The van der Waals surface area contributed by atoms with E-state index in [2.05, 4.69) is 60.0 Å². The average molecular weight is 325 g/mol. The molecule has 1 aliphatic heterocycles. The number of hydrogen-bond acceptors (Lipinski definition) is 2. The lowest BCUT2D eigenvalue weighted by molar-refractivity contribution is -0.108. The highest BCUT2D eigenvalue weighted by Crippen LogP contribution is 2.45. The average Bonchev–Trinajstić information content (AvgIpc) is 2.68. The van der Waals surface area contributed by atoms with E-state index in [-0.39, 0.29) is 5.92 Å². The molecule has 3 aromatic rings. The number of benzene rings is 3. The van der Waals surface area contributed by atoms with Crippen molar-refractivity contribution in [1.82, 2.24) is 0 Å². The van der Waals surface area contributed by atoms with Gasteiger partial charge in [0.25, 0.3) is 0 Å². The first-order valence-corrected chi connectivity index (χ1v) is 8.44. The van der Waals surface area contributed by atoms with Crippen LogP contribution in [0.25, 0.3) is 6.08 Å². The van der Waals surface area contributed by atoms with Crippen LogP contribution in [0.5, 0.6) is 0 Å². The quantitative estimate of drug-likeness (QED) is 0.606. The van der Waals surface area contributed by atoms with Crippen LogP contribution >= 0.6 is 0 Å². The summed E-state index contributed by atoms with van der Waals surface area (Å²) in [6.07, 6.45) is 2.90. The van der Waals surface area contributed by atoms with E-state index in [9.17, 15) is 4.79 Å². The van der Waals surface area contributed by atoms with E-state index < -0.39 is 0 Å². The van der Waals surface area contributed by atoms with Crippen molar-refractivity contribution in [3.8, 4) is 0 Å². The zero-order chi connectivity index (χ0) is 17.2. The second-order valence-corrected chi connectivity index (χ2v) is 6.26. The van der Waals surface area contributed by atoms with Crippen molar-refractivity contribution >= 4 is 23.7 Å². The van der Waals surface area contributed by atoms with Gasteiger partial charge < -0.3 is 9.69 Å². The van der Waals surface area contributed by atoms with Gasteiger partial charge in [0.1, 0.15) is 6.29 Å². The molecule has 122 valence electrons. The Balaban J connectivity index is 1.81. The Hall–Kier alpha value is -3.13. The molecule has 2 heteroatoms. The molecule has 0 saturated carbocycles. The number of aldehydes is 1. The normalized spacial score (nSPS) is 13.0. The van der Waals surface area contributed by atoms with Crippen molar-refractivity contribution in [2.24, 2.45) is 0 Å². The minimum atomic E-state index is -0.202. The number of carbonyl (C=O) groups excluding carboxylic acids is 1. The fourth-order valence-electron chi connectivity index (χ4n) is 3.55. The van der Waals surface area contributed by atoms with Crippen molar-refractivity contribution in [1.29, 1.82) is 0 Å². The zero-order valence-electron chi connectivity index (χ0n) is 13.9. The molecule has 2 nitrogen and oxygen atoms in total. The van der Waals surface area contributed by atoms with Crippen molar-refractivity contribution in [3.63, 3.8) is 0 Å². The van der Waals surface area contributed by atoms with E-state index >= 15 is 0 Å². The zero-order valence-corrected chi connectivity index (χ0v) is 13.9. The first-order chi connectivity index (χ1) is 12.3. The molecule has 4 rings (SSSR count). The Morgan fingerprint density at radius 3 is 1.92 bits per heavy atom. The summed E-state index contributed by atoms with van der Waals surface area (Å²) in [5, 5.41) is 0. The van der Waals surface area contributed by atoms with Gasteiger partial charge in [0, 0.05) is 17.9 Å². The van der Waals surface area contributed by atoms with Gasteiger partial charge in [0.2, 0.25) is 0 Å². The van der Waals surface area contributed by atoms with Gasteiger partial charge in [-0.3, -0.25) is 0 Å². The summed E-state index contributed by atoms with van der Waals surface area (Å²) in [5.74, 6) is -0.202. The smallest absolute Gasteiger partial charge is 0.132 e. The summed E-state index contributed by atoms with van der Waals surface area (Å²) < 4.78 is 0. The molecule has 1 heterocycles. The molecule has 0 amide bonds. The molecule has 0 bridgehead atoms. The first kappa shape index (κ1) is 15.4. The van der Waals surface area contributed by atoms with Gasteiger partial charge in [-0.15, -0.1) is 0 Å². The Kier molecular flexibility index (Phi) is 3.95. The molecule has 0 spiro atoms. The Morgan fingerprint density at radius 1 is 0.840 bits per heavy atom. The highest BCUT2D eigenvalue weighted by atomic mass is 16.1. The summed E-state index contributed by atoms with van der Waals surface area (Å²) >= 11 is 0. The highest BCUT2D eigenvalue weighted by Gasteiger charge is 2.29. The third kappa shape index (κ3) is 2.66. The van der Waals surface area contributed by atoms with E-state index in [1.54, 1.807) is 0 Å². The van der Waals surface area contributed by atoms with E-state index in [1.165, 1.54) is 5.56 Å². The van der Waals surface area contributed by atoms with Crippen LogP contribution in [0.15, 0.2) is 79.4 Å². The second-order valence-electron chi connectivity index (χ2n) is 6.26. The molecule has 1 aliphatic rings. The van der Waals surface area contributed by atoms with E-state index in [4.69, 9.17) is 0 Å². The molecule has 0 aromatic heterocycles. The Labute approximate surface area is 148 Å². The maximum Gasteiger partial charge on any atom is 0.132 e. The van der Waals surface area contributed by atoms with Gasteiger partial charge in [0.05, 0.1) is 5.92 Å². The number of para-hydroxylation sites is 2. The lowest BCUT2D eigenvalue weighted by Crippen LogP contribution is -2.25. The maximum absolute atomic E-state index is 11.8. The van der Waals surface area contributed by atoms with Crippen LogP contribution < -0.4 is 4.90 Å². The number of rotatable bonds is 4. The molecular weight excluding hydrogens is 306 g/mol. The molecule has 25 heavy (non-hydrogen) atoms. The third-order valence-corrected chi connectivity index (χ3v) is 4.82. The SMILES string of the molecule is C=Cc1ccc(CN2c3ccccc3C(C=O)c3ccccc32)cc1. The number of nitrogens with zero attached hydrogens (tertiary/aromatic N) is 1. The largest absolute Gasteiger partial charge is 0.336 e. The molecule has 3 aromatic carbocycles. The lowest BCUT2D eigenvalue weighted by Gasteiger charge is -2.36. The molecule has 0 aliphatic carbocycles. The van der Waals surface area contributed by atoms with Gasteiger partial charge in [-0.25, -0.2) is 0 Å². The highest BCUT2D eigenvalue weighted by molar-refractivity contribution is 5.85. The van der Waals surface area contributed by atoms with Gasteiger partial charge in [-0.2, -0.15) is 0 Å². The summed E-state index contributed by atoms with van der Waals surface area (Å²) in [6, 6.07) is 24.8. The van der Waals surface area contributed by atoms with Crippen LogP contribution in [0.2, 0.25) is 0 Å². The second kappa shape index (κ2) is 6.40. The molecule has 0 atom stereocenters. The van der Waals surface area contributed by atoms with Crippen LogP contribution in [0, 0.1) is 0 Å². The number of hydrogen-bond donors (Lipinski definition) is 0. The molecule has 0 fully saturated rings. The van der Waals surface area contributed by atoms with Crippen molar-refractivity contribution in [2.45, 2.75) is 12.5 Å². The summed E-state index contributed by atoms with van der Waals surface area (Å²) in [6.45, 7) is 4.57. The van der Waals surface area contributed by atoms with Gasteiger partial charge >= 0.3 is 0 Å². The van der Waals surface area contributed by atoms with Crippen LogP contribution in [0.4, 0.5) is 11.4 Å². The molecular formula is C23H19NO. The predicted molar refractivity (Wildman–Crippen MR) is 103 cm³/mol. The van der Waals surface area contributed by atoms with Crippen molar-refractivity contribution in [2.75, 3.05) is 4.90 Å². The van der Waals surface area contributed by atoms with Gasteiger partial charge in [-0.1, -0.05) is 73.3 Å². The molecule has 0 N–H and O–H groups in total. The van der Waals surface area contributed by atoms with E-state index in [0.717, 1.165) is 40.9 Å².